The van der Waals surface area contributed by atoms with E-state index in [-0.39, 0.29) is 18.2 Å². The van der Waals surface area contributed by atoms with Gasteiger partial charge in [-0.1, -0.05) is 20.8 Å². The summed E-state index contributed by atoms with van der Waals surface area (Å²) in [5.74, 6) is -0.417. The van der Waals surface area contributed by atoms with Gasteiger partial charge >= 0.3 is 6.18 Å². The van der Waals surface area contributed by atoms with Gasteiger partial charge in [0.1, 0.15) is 0 Å². The number of aromatic nitrogens is 1. The van der Waals surface area contributed by atoms with Crippen LogP contribution in [-0.4, -0.2) is 65.4 Å². The van der Waals surface area contributed by atoms with Gasteiger partial charge < -0.3 is 14.5 Å². The quantitative estimate of drug-likeness (QED) is 0.527. The lowest BCUT2D eigenvalue weighted by Crippen LogP contribution is -2.51. The molecule has 9 heteroatoms. The van der Waals surface area contributed by atoms with Crippen LogP contribution in [0.15, 0.2) is 23.4 Å². The van der Waals surface area contributed by atoms with E-state index in [1.807, 2.05) is 13.8 Å². The van der Waals surface area contributed by atoms with Gasteiger partial charge in [-0.25, -0.2) is 0 Å². The van der Waals surface area contributed by atoms with Gasteiger partial charge in [0, 0.05) is 60.5 Å². The highest BCUT2D eigenvalue weighted by molar-refractivity contribution is 6.05. The minimum absolute atomic E-state index is 0.0352. The molecule has 4 heterocycles. The van der Waals surface area contributed by atoms with Gasteiger partial charge in [0.25, 0.3) is 5.91 Å². The number of ketones is 1. The third-order valence-corrected chi connectivity index (χ3v) is 8.50. The summed E-state index contributed by atoms with van der Waals surface area (Å²) in [4.78, 5) is 35.0. The molecule has 6 nitrogen and oxygen atoms in total. The summed E-state index contributed by atoms with van der Waals surface area (Å²) in [6, 6.07) is 1.59. The number of alkyl halides is 3. The highest BCUT2D eigenvalue weighted by Gasteiger charge is 2.44. The van der Waals surface area contributed by atoms with Crippen LogP contribution in [0.2, 0.25) is 0 Å². The Morgan fingerprint density at radius 1 is 1.08 bits per heavy atom. The number of likely N-dealkylation sites (tertiary alicyclic amines) is 1. The zero-order chi connectivity index (χ0) is 27.2. The summed E-state index contributed by atoms with van der Waals surface area (Å²) in [6.45, 7) is 12.6. The van der Waals surface area contributed by atoms with Gasteiger partial charge in [-0.15, -0.1) is 0 Å². The van der Waals surface area contributed by atoms with Crippen molar-refractivity contribution in [2.24, 2.45) is 5.41 Å². The standard InChI is InChI=1S/C28H38F3N3O3/c1-18(19(2)35)23(27(5)8-10-33(11-9-27)22-6-12-37-13-7-22)25(36)34-16-20-14-21(28(29,30)31)15-32-24(20)26(3,4)17-34/h14-15,22H,6-13,16-17H2,1-5H3/b23-18-. The predicted molar refractivity (Wildman–Crippen MR) is 134 cm³/mol. The number of carbonyl (C=O) groups excluding carboxylic acids is 2. The van der Waals surface area contributed by atoms with Crippen LogP contribution in [-0.2, 0) is 32.5 Å². The summed E-state index contributed by atoms with van der Waals surface area (Å²) in [5.41, 5.74) is -0.0165. The topological polar surface area (TPSA) is 62.7 Å². The van der Waals surface area contributed by atoms with Crippen LogP contribution < -0.4 is 0 Å². The van der Waals surface area contributed by atoms with Gasteiger partial charge in [-0.2, -0.15) is 13.2 Å². The number of carbonyl (C=O) groups is 2. The maximum Gasteiger partial charge on any atom is 0.417 e. The summed E-state index contributed by atoms with van der Waals surface area (Å²) in [5, 5.41) is 0. The van der Waals surface area contributed by atoms with E-state index in [0.29, 0.717) is 35.0 Å². The number of ether oxygens (including phenoxy) is 1. The van der Waals surface area contributed by atoms with Crippen LogP contribution in [0.3, 0.4) is 0 Å². The molecule has 0 N–H and O–H groups in total. The van der Waals surface area contributed by atoms with Crippen molar-refractivity contribution in [1.82, 2.24) is 14.8 Å². The van der Waals surface area contributed by atoms with E-state index in [9.17, 15) is 22.8 Å². The Bertz CT molecular complexity index is 1080. The number of piperidine rings is 1. The first-order valence-electron chi connectivity index (χ1n) is 13.1. The maximum absolute atomic E-state index is 14.2. The van der Waals surface area contributed by atoms with Crippen molar-refractivity contribution in [2.45, 2.75) is 84.5 Å². The van der Waals surface area contributed by atoms with E-state index in [0.717, 1.165) is 64.2 Å². The maximum atomic E-state index is 14.2. The van der Waals surface area contributed by atoms with Gasteiger partial charge in [0.05, 0.1) is 11.3 Å². The predicted octanol–water partition coefficient (Wildman–Crippen LogP) is 4.91. The minimum atomic E-state index is -4.51. The molecule has 0 spiro atoms. The Morgan fingerprint density at radius 3 is 2.27 bits per heavy atom. The molecule has 0 aromatic carbocycles. The number of nitrogens with zero attached hydrogens (tertiary/aromatic N) is 3. The summed E-state index contributed by atoms with van der Waals surface area (Å²) >= 11 is 0. The van der Waals surface area contributed by atoms with Crippen molar-refractivity contribution in [3.8, 4) is 0 Å². The van der Waals surface area contributed by atoms with E-state index >= 15 is 0 Å². The normalized spacial score (nSPS) is 23.3. The van der Waals surface area contributed by atoms with Gasteiger partial charge in [0.15, 0.2) is 5.78 Å². The van der Waals surface area contributed by atoms with E-state index in [4.69, 9.17) is 4.74 Å². The number of fused-ring (bicyclic) bond motifs is 1. The number of rotatable bonds is 4. The number of hydrogen-bond acceptors (Lipinski definition) is 5. The highest BCUT2D eigenvalue weighted by Crippen LogP contribution is 2.44. The number of amides is 1. The van der Waals surface area contributed by atoms with Crippen molar-refractivity contribution < 1.29 is 27.5 Å². The molecule has 1 aromatic heterocycles. The van der Waals surface area contributed by atoms with Gasteiger partial charge in [-0.3, -0.25) is 14.6 Å². The number of hydrogen-bond donors (Lipinski definition) is 0. The van der Waals surface area contributed by atoms with Gasteiger partial charge in [-0.05, 0) is 64.3 Å². The number of pyridine rings is 1. The Balaban J connectivity index is 1.63. The molecule has 1 amide bonds. The molecule has 1 aromatic rings. The fourth-order valence-electron chi connectivity index (χ4n) is 6.24. The summed E-state index contributed by atoms with van der Waals surface area (Å²) in [6.07, 6.45) is -0.160. The molecule has 0 atom stereocenters. The molecule has 3 aliphatic rings. The molecule has 37 heavy (non-hydrogen) atoms. The molecule has 0 saturated carbocycles. The second kappa shape index (κ2) is 10.1. The first kappa shape index (κ1) is 27.8. The smallest absolute Gasteiger partial charge is 0.381 e. The van der Waals surface area contributed by atoms with Crippen LogP contribution in [0.5, 0.6) is 0 Å². The van der Waals surface area contributed by atoms with Crippen LogP contribution in [0.1, 0.15) is 77.1 Å². The number of Topliss-reactive ketones (excluding diaryl/α,β-unsaturated/α-hetero) is 1. The lowest BCUT2D eigenvalue weighted by atomic mass is 9.70. The fourth-order valence-corrected chi connectivity index (χ4v) is 6.24. The molecule has 0 aliphatic carbocycles. The van der Waals surface area contributed by atoms with E-state index in [1.54, 1.807) is 11.8 Å². The fraction of sp³-hybridized carbons (Fsp3) is 0.679. The van der Waals surface area contributed by atoms with Crippen molar-refractivity contribution in [3.63, 3.8) is 0 Å². The highest BCUT2D eigenvalue weighted by atomic mass is 19.4. The Hall–Kier alpha value is -2.26. The lowest BCUT2D eigenvalue weighted by Gasteiger charge is -2.46. The third-order valence-electron chi connectivity index (χ3n) is 8.50. The van der Waals surface area contributed by atoms with Gasteiger partial charge in [0.2, 0.25) is 0 Å². The zero-order valence-electron chi connectivity index (χ0n) is 22.5. The van der Waals surface area contributed by atoms with Crippen molar-refractivity contribution in [2.75, 3.05) is 32.8 Å². The van der Waals surface area contributed by atoms with Crippen molar-refractivity contribution in [3.05, 3.63) is 40.2 Å². The van der Waals surface area contributed by atoms with Crippen LogP contribution in [0.4, 0.5) is 13.2 Å². The SMILES string of the molecule is CC(=O)/C(C)=C(/C(=O)N1Cc2cc(C(F)(F)F)cnc2C(C)(C)C1)C1(C)CCN(C2CCOCC2)CC1. The number of allylic oxidation sites excluding steroid dienone is 1. The van der Waals surface area contributed by atoms with E-state index < -0.39 is 22.6 Å². The Morgan fingerprint density at radius 2 is 1.70 bits per heavy atom. The Labute approximate surface area is 217 Å². The Kier molecular flexibility index (Phi) is 7.60. The molecule has 2 fully saturated rings. The molecule has 0 radical (unpaired) electrons. The molecule has 3 aliphatic heterocycles. The lowest BCUT2D eigenvalue weighted by molar-refractivity contribution is -0.138. The molecule has 4 rings (SSSR count). The van der Waals surface area contributed by atoms with Crippen LogP contribution in [0.25, 0.3) is 0 Å². The molecule has 0 bridgehead atoms. The summed E-state index contributed by atoms with van der Waals surface area (Å²) < 4.78 is 45.7. The zero-order valence-corrected chi connectivity index (χ0v) is 22.5. The average Bonchev–Trinajstić information content (AvgIpc) is 2.83. The molecule has 204 valence electrons. The van der Waals surface area contributed by atoms with E-state index in [1.165, 1.54) is 6.92 Å². The second-order valence-electron chi connectivity index (χ2n) is 11.8. The first-order valence-corrected chi connectivity index (χ1v) is 13.1. The molecular weight excluding hydrogens is 483 g/mol. The molecule has 2 saturated heterocycles. The monoisotopic (exact) mass is 521 g/mol. The number of halogens is 3. The second-order valence-corrected chi connectivity index (χ2v) is 11.8. The third kappa shape index (κ3) is 5.62. The van der Waals surface area contributed by atoms with Crippen molar-refractivity contribution in [1.29, 1.82) is 0 Å². The van der Waals surface area contributed by atoms with Crippen molar-refractivity contribution >= 4 is 11.7 Å². The largest absolute Gasteiger partial charge is 0.417 e. The summed E-state index contributed by atoms with van der Waals surface area (Å²) in [7, 11) is 0. The average molecular weight is 522 g/mol. The van der Waals surface area contributed by atoms with E-state index in [2.05, 4.69) is 16.8 Å². The minimum Gasteiger partial charge on any atom is -0.381 e. The van der Waals surface area contributed by atoms with Crippen LogP contribution >= 0.6 is 0 Å². The molecular formula is C28H38F3N3O3. The molecule has 0 unspecified atom stereocenters. The first-order chi connectivity index (χ1) is 17.2. The van der Waals surface area contributed by atoms with Crippen LogP contribution in [0, 0.1) is 5.41 Å².